The van der Waals surface area contributed by atoms with E-state index in [1.807, 2.05) is 0 Å². The number of aromatic nitrogens is 2. The predicted molar refractivity (Wildman–Crippen MR) is 115 cm³/mol. The van der Waals surface area contributed by atoms with Crippen LogP contribution in [0.2, 0.25) is 0 Å². The van der Waals surface area contributed by atoms with Crippen molar-refractivity contribution in [1.29, 1.82) is 0 Å². The number of rotatable bonds is 7. The Hall–Kier alpha value is -3.82. The smallest absolute Gasteiger partial charge is 0.416 e. The zero-order chi connectivity index (χ0) is 24.2. The number of carbonyl (C=O) groups is 1. The van der Waals surface area contributed by atoms with Crippen LogP contribution in [0.5, 0.6) is 11.5 Å². The van der Waals surface area contributed by atoms with Gasteiger partial charge in [-0.25, -0.2) is 4.68 Å². The van der Waals surface area contributed by atoms with Gasteiger partial charge in [-0.3, -0.25) is 9.59 Å². The maximum Gasteiger partial charge on any atom is 0.416 e. The highest BCUT2D eigenvalue weighted by molar-refractivity contribution is 5.91. The van der Waals surface area contributed by atoms with Crippen molar-refractivity contribution in [2.24, 2.45) is 0 Å². The molecule has 0 bridgehead atoms. The lowest BCUT2D eigenvalue weighted by Gasteiger charge is -2.18. The fourth-order valence-electron chi connectivity index (χ4n) is 3.03. The standard InChI is InChI=1S/C23H22F3N3O4/c1-15-13-20(30)21(27-29(15)17-6-4-5-16(14-17)23(24,25)26)22(31)28(2)11-12-33-19-9-7-18(32-3)8-10-19/h4-10,13-14H,11-12H2,1-3H3. The van der Waals surface area contributed by atoms with Crippen molar-refractivity contribution in [2.75, 3.05) is 27.3 Å². The molecular weight excluding hydrogens is 439 g/mol. The number of nitrogens with zero attached hydrogens (tertiary/aromatic N) is 3. The minimum Gasteiger partial charge on any atom is -0.497 e. The number of ether oxygens (including phenoxy) is 2. The third-order valence-corrected chi connectivity index (χ3v) is 4.83. The van der Waals surface area contributed by atoms with Crippen LogP contribution in [0.1, 0.15) is 21.7 Å². The Balaban J connectivity index is 1.76. The second kappa shape index (κ2) is 9.76. The number of methoxy groups -OCH3 is 1. The molecule has 1 aromatic heterocycles. The number of hydrogen-bond donors (Lipinski definition) is 0. The highest BCUT2D eigenvalue weighted by Crippen LogP contribution is 2.30. The van der Waals surface area contributed by atoms with Gasteiger partial charge in [-0.2, -0.15) is 18.3 Å². The highest BCUT2D eigenvalue weighted by Gasteiger charge is 2.30. The van der Waals surface area contributed by atoms with Gasteiger partial charge >= 0.3 is 6.18 Å². The summed E-state index contributed by atoms with van der Waals surface area (Å²) < 4.78 is 51.1. The number of carbonyl (C=O) groups excluding carboxylic acids is 1. The first-order valence-electron chi connectivity index (χ1n) is 9.91. The molecule has 0 aliphatic carbocycles. The third kappa shape index (κ3) is 5.71. The van der Waals surface area contributed by atoms with Gasteiger partial charge < -0.3 is 14.4 Å². The van der Waals surface area contributed by atoms with Crippen LogP contribution in [0.25, 0.3) is 5.69 Å². The topological polar surface area (TPSA) is 73.7 Å². The maximum atomic E-state index is 13.1. The van der Waals surface area contributed by atoms with E-state index in [1.165, 1.54) is 37.1 Å². The number of halogens is 3. The van der Waals surface area contributed by atoms with Crippen molar-refractivity contribution >= 4 is 5.91 Å². The van der Waals surface area contributed by atoms with E-state index in [0.29, 0.717) is 17.2 Å². The second-order valence-corrected chi connectivity index (χ2v) is 7.21. The molecule has 1 amide bonds. The lowest BCUT2D eigenvalue weighted by Crippen LogP contribution is -2.36. The van der Waals surface area contributed by atoms with Gasteiger partial charge in [0, 0.05) is 18.8 Å². The lowest BCUT2D eigenvalue weighted by molar-refractivity contribution is -0.137. The summed E-state index contributed by atoms with van der Waals surface area (Å²) in [5.41, 5.74) is -1.50. The van der Waals surface area contributed by atoms with Gasteiger partial charge in [0.2, 0.25) is 5.43 Å². The van der Waals surface area contributed by atoms with E-state index in [1.54, 1.807) is 31.4 Å². The zero-order valence-corrected chi connectivity index (χ0v) is 18.2. The van der Waals surface area contributed by atoms with Gasteiger partial charge in [-0.15, -0.1) is 0 Å². The first-order valence-corrected chi connectivity index (χ1v) is 9.91. The molecule has 0 radical (unpaired) electrons. The van der Waals surface area contributed by atoms with Crippen molar-refractivity contribution in [2.45, 2.75) is 13.1 Å². The summed E-state index contributed by atoms with van der Waals surface area (Å²) in [4.78, 5) is 26.5. The van der Waals surface area contributed by atoms with Gasteiger partial charge in [-0.05, 0) is 49.4 Å². The molecule has 7 nitrogen and oxygen atoms in total. The quantitative estimate of drug-likeness (QED) is 0.536. The van der Waals surface area contributed by atoms with E-state index in [-0.39, 0.29) is 18.8 Å². The first-order chi connectivity index (χ1) is 15.6. The van der Waals surface area contributed by atoms with Crippen molar-refractivity contribution < 1.29 is 27.4 Å². The normalized spacial score (nSPS) is 11.2. The molecule has 2 aromatic carbocycles. The van der Waals surface area contributed by atoms with Crippen LogP contribution >= 0.6 is 0 Å². The van der Waals surface area contributed by atoms with Crippen molar-refractivity contribution in [3.05, 3.63) is 81.8 Å². The van der Waals surface area contributed by atoms with E-state index in [9.17, 15) is 22.8 Å². The van der Waals surface area contributed by atoms with Gasteiger partial charge in [0.05, 0.1) is 24.9 Å². The largest absolute Gasteiger partial charge is 0.497 e. The molecule has 3 aromatic rings. The molecule has 1 heterocycles. The molecule has 0 saturated heterocycles. The number of alkyl halides is 3. The minimum atomic E-state index is -4.54. The van der Waals surface area contributed by atoms with E-state index in [0.717, 1.165) is 16.8 Å². The molecule has 3 rings (SSSR count). The van der Waals surface area contributed by atoms with Gasteiger partial charge in [0.1, 0.15) is 18.1 Å². The molecule has 0 saturated carbocycles. The maximum absolute atomic E-state index is 13.1. The molecule has 0 fully saturated rings. The lowest BCUT2D eigenvalue weighted by atomic mass is 10.2. The summed E-state index contributed by atoms with van der Waals surface area (Å²) >= 11 is 0. The Morgan fingerprint density at radius 1 is 1.09 bits per heavy atom. The van der Waals surface area contributed by atoms with E-state index in [4.69, 9.17) is 9.47 Å². The van der Waals surface area contributed by atoms with Crippen molar-refractivity contribution in [3.8, 4) is 17.2 Å². The van der Waals surface area contributed by atoms with Crippen molar-refractivity contribution in [3.63, 3.8) is 0 Å². The van der Waals surface area contributed by atoms with E-state index in [2.05, 4.69) is 5.10 Å². The summed E-state index contributed by atoms with van der Waals surface area (Å²) in [6.07, 6.45) is -4.54. The number of aryl methyl sites for hydroxylation is 1. The van der Waals surface area contributed by atoms with Crippen LogP contribution in [0.4, 0.5) is 13.2 Å². The summed E-state index contributed by atoms with van der Waals surface area (Å²) in [6, 6.07) is 12.6. The monoisotopic (exact) mass is 461 g/mol. The van der Waals surface area contributed by atoms with Crippen LogP contribution < -0.4 is 14.9 Å². The molecule has 0 aliphatic rings. The SMILES string of the molecule is COc1ccc(OCCN(C)C(=O)c2nn(-c3cccc(C(F)(F)F)c3)c(C)cc2=O)cc1. The van der Waals surface area contributed by atoms with Crippen LogP contribution in [0, 0.1) is 6.92 Å². The number of amides is 1. The summed E-state index contributed by atoms with van der Waals surface area (Å²) in [7, 11) is 3.03. The van der Waals surface area contributed by atoms with Crippen LogP contribution in [-0.2, 0) is 6.18 Å². The Bertz CT molecular complexity index is 1190. The molecule has 33 heavy (non-hydrogen) atoms. The fraction of sp³-hybridized carbons (Fsp3) is 0.261. The summed E-state index contributed by atoms with van der Waals surface area (Å²) in [5.74, 6) is 0.591. The van der Waals surface area contributed by atoms with Crippen LogP contribution in [-0.4, -0.2) is 47.9 Å². The fourth-order valence-corrected chi connectivity index (χ4v) is 3.03. The van der Waals surface area contributed by atoms with E-state index < -0.39 is 28.8 Å². The van der Waals surface area contributed by atoms with Gasteiger partial charge in [0.25, 0.3) is 5.91 Å². The number of hydrogen-bond acceptors (Lipinski definition) is 5. The Morgan fingerprint density at radius 3 is 2.39 bits per heavy atom. The average molecular weight is 461 g/mol. The average Bonchev–Trinajstić information content (AvgIpc) is 2.78. The first kappa shape index (κ1) is 23.8. The van der Waals surface area contributed by atoms with Crippen LogP contribution in [0.3, 0.4) is 0 Å². The molecule has 0 N–H and O–H groups in total. The predicted octanol–water partition coefficient (Wildman–Crippen LogP) is 3.72. The highest BCUT2D eigenvalue weighted by atomic mass is 19.4. The second-order valence-electron chi connectivity index (χ2n) is 7.21. The Labute approximate surface area is 188 Å². The molecular formula is C23H22F3N3O4. The van der Waals surface area contributed by atoms with Gasteiger partial charge in [-0.1, -0.05) is 6.07 Å². The summed E-state index contributed by atoms with van der Waals surface area (Å²) in [6.45, 7) is 1.83. The number of benzene rings is 2. The molecule has 0 atom stereocenters. The van der Waals surface area contributed by atoms with Crippen molar-refractivity contribution in [1.82, 2.24) is 14.7 Å². The number of likely N-dealkylation sites (N-methyl/N-ethyl adjacent to an activating group) is 1. The Kier molecular flexibility index (Phi) is 7.05. The summed E-state index contributed by atoms with van der Waals surface area (Å²) in [5, 5.41) is 4.06. The molecule has 0 aliphatic heterocycles. The zero-order valence-electron chi connectivity index (χ0n) is 18.2. The molecule has 0 unspecified atom stereocenters. The van der Waals surface area contributed by atoms with Crippen LogP contribution in [0.15, 0.2) is 59.4 Å². The van der Waals surface area contributed by atoms with Gasteiger partial charge in [0.15, 0.2) is 5.69 Å². The Morgan fingerprint density at radius 2 is 1.76 bits per heavy atom. The molecule has 10 heteroatoms. The molecule has 174 valence electrons. The molecule has 0 spiro atoms. The minimum absolute atomic E-state index is 0.0851. The van der Waals surface area contributed by atoms with E-state index >= 15 is 0 Å². The third-order valence-electron chi connectivity index (χ3n) is 4.83.